The first-order valence-corrected chi connectivity index (χ1v) is 7.31. The third-order valence-electron chi connectivity index (χ3n) is 3.10. The van der Waals surface area contributed by atoms with E-state index in [4.69, 9.17) is 5.11 Å². The molecular weight excluding hydrogens is 334 g/mol. The summed E-state index contributed by atoms with van der Waals surface area (Å²) in [7, 11) is 0. The Labute approximate surface area is 130 Å². The van der Waals surface area contributed by atoms with Crippen molar-refractivity contribution in [3.63, 3.8) is 0 Å². The molecule has 2 heterocycles. The molecule has 0 bridgehead atoms. The maximum Gasteiger partial charge on any atom is 0.168 e. The second-order valence-electron chi connectivity index (χ2n) is 4.55. The van der Waals surface area contributed by atoms with Gasteiger partial charge >= 0.3 is 0 Å². The number of hydrogen-bond donors (Lipinski definition) is 2. The summed E-state index contributed by atoms with van der Waals surface area (Å²) in [4.78, 5) is 8.58. The number of benzene rings is 1. The zero-order valence-electron chi connectivity index (χ0n) is 11.4. The molecule has 3 rings (SSSR count). The number of aliphatic hydroxyl groups is 1. The highest BCUT2D eigenvalue weighted by Gasteiger charge is 2.14. The first kappa shape index (κ1) is 14.0. The van der Waals surface area contributed by atoms with Crippen molar-refractivity contribution < 1.29 is 5.11 Å². The van der Waals surface area contributed by atoms with Crippen LogP contribution in [-0.2, 0) is 0 Å². The molecule has 0 saturated carbocycles. The van der Waals surface area contributed by atoms with E-state index in [-0.39, 0.29) is 6.61 Å². The van der Waals surface area contributed by atoms with Crippen LogP contribution in [0.15, 0.2) is 35.1 Å². The standard InChI is InChI=1S/C14H14BrN5O/c1-9-12-13(16-5-6-21)17-8-18-14(12)20(19-9)11-4-2-3-10(15)7-11/h2-4,7-8,21H,5-6H2,1H3,(H,16,17,18). The van der Waals surface area contributed by atoms with E-state index in [1.54, 1.807) is 4.68 Å². The van der Waals surface area contributed by atoms with Crippen molar-refractivity contribution in [3.8, 4) is 5.69 Å². The van der Waals surface area contributed by atoms with Crippen molar-refractivity contribution in [3.05, 3.63) is 40.8 Å². The van der Waals surface area contributed by atoms with Crippen molar-refractivity contribution in [2.45, 2.75) is 6.92 Å². The molecule has 0 saturated heterocycles. The van der Waals surface area contributed by atoms with Gasteiger partial charge in [0.05, 0.1) is 23.4 Å². The summed E-state index contributed by atoms with van der Waals surface area (Å²) in [6.07, 6.45) is 1.50. The molecule has 0 aliphatic carbocycles. The summed E-state index contributed by atoms with van der Waals surface area (Å²) in [6.45, 7) is 2.40. The summed E-state index contributed by atoms with van der Waals surface area (Å²) in [6, 6.07) is 7.87. The number of anilines is 1. The van der Waals surface area contributed by atoms with Gasteiger partial charge in [-0.2, -0.15) is 5.10 Å². The Hall–Kier alpha value is -1.99. The van der Waals surface area contributed by atoms with Crippen LogP contribution in [0.2, 0.25) is 0 Å². The third-order valence-corrected chi connectivity index (χ3v) is 3.59. The minimum Gasteiger partial charge on any atom is -0.395 e. The molecule has 0 amide bonds. The summed E-state index contributed by atoms with van der Waals surface area (Å²) in [5.41, 5.74) is 2.50. The lowest BCUT2D eigenvalue weighted by Gasteiger charge is -2.06. The molecule has 0 atom stereocenters. The second kappa shape index (κ2) is 5.79. The average molecular weight is 348 g/mol. The van der Waals surface area contributed by atoms with E-state index in [9.17, 15) is 0 Å². The van der Waals surface area contributed by atoms with Gasteiger partial charge in [0.25, 0.3) is 0 Å². The molecule has 0 fully saturated rings. The second-order valence-corrected chi connectivity index (χ2v) is 5.46. The molecule has 7 heteroatoms. The smallest absolute Gasteiger partial charge is 0.168 e. The van der Waals surface area contributed by atoms with Crippen molar-refractivity contribution in [1.29, 1.82) is 0 Å². The maximum absolute atomic E-state index is 8.95. The van der Waals surface area contributed by atoms with Gasteiger partial charge in [0.1, 0.15) is 12.1 Å². The van der Waals surface area contributed by atoms with Gasteiger partial charge in [-0.15, -0.1) is 0 Å². The topological polar surface area (TPSA) is 75.9 Å². The van der Waals surface area contributed by atoms with Crippen LogP contribution in [0.3, 0.4) is 0 Å². The highest BCUT2D eigenvalue weighted by molar-refractivity contribution is 9.10. The molecule has 0 unspecified atom stereocenters. The minimum atomic E-state index is 0.0459. The molecule has 6 nitrogen and oxygen atoms in total. The Morgan fingerprint density at radius 3 is 2.95 bits per heavy atom. The third kappa shape index (κ3) is 2.62. The molecule has 0 radical (unpaired) electrons. The predicted octanol–water partition coefficient (Wildman–Crippen LogP) is 2.29. The molecule has 0 aliphatic rings. The fourth-order valence-corrected chi connectivity index (χ4v) is 2.60. The zero-order chi connectivity index (χ0) is 14.8. The Kier molecular flexibility index (Phi) is 3.85. The highest BCUT2D eigenvalue weighted by atomic mass is 79.9. The van der Waals surface area contributed by atoms with E-state index < -0.39 is 0 Å². The Bertz CT molecular complexity index is 786. The number of aromatic nitrogens is 4. The highest BCUT2D eigenvalue weighted by Crippen LogP contribution is 2.26. The summed E-state index contributed by atoms with van der Waals surface area (Å²) in [5.74, 6) is 0.688. The van der Waals surface area contributed by atoms with Crippen LogP contribution in [-0.4, -0.2) is 38.0 Å². The van der Waals surface area contributed by atoms with Crippen LogP contribution in [0.4, 0.5) is 5.82 Å². The van der Waals surface area contributed by atoms with Gasteiger partial charge in [-0.25, -0.2) is 14.6 Å². The Balaban J connectivity index is 2.17. The Morgan fingerprint density at radius 1 is 1.33 bits per heavy atom. The number of aliphatic hydroxyl groups excluding tert-OH is 1. The molecule has 2 aromatic heterocycles. The monoisotopic (exact) mass is 347 g/mol. The number of fused-ring (bicyclic) bond motifs is 1. The van der Waals surface area contributed by atoms with Crippen molar-refractivity contribution in [2.75, 3.05) is 18.5 Å². The molecule has 21 heavy (non-hydrogen) atoms. The molecule has 0 aliphatic heterocycles. The number of nitrogens with zero attached hydrogens (tertiary/aromatic N) is 4. The van der Waals surface area contributed by atoms with E-state index in [0.717, 1.165) is 26.9 Å². The van der Waals surface area contributed by atoms with E-state index in [1.165, 1.54) is 6.33 Å². The zero-order valence-corrected chi connectivity index (χ0v) is 13.0. The van der Waals surface area contributed by atoms with E-state index in [1.807, 2.05) is 31.2 Å². The quantitative estimate of drug-likeness (QED) is 0.757. The minimum absolute atomic E-state index is 0.0459. The van der Waals surface area contributed by atoms with Crippen molar-refractivity contribution in [1.82, 2.24) is 19.7 Å². The van der Waals surface area contributed by atoms with Gasteiger partial charge in [-0.1, -0.05) is 22.0 Å². The lowest BCUT2D eigenvalue weighted by Crippen LogP contribution is -2.07. The molecule has 0 spiro atoms. The first-order valence-electron chi connectivity index (χ1n) is 6.51. The number of hydrogen-bond acceptors (Lipinski definition) is 5. The normalized spacial score (nSPS) is 11.0. The van der Waals surface area contributed by atoms with Crippen LogP contribution < -0.4 is 5.32 Å². The van der Waals surface area contributed by atoms with Crippen LogP contribution >= 0.6 is 15.9 Å². The number of nitrogens with one attached hydrogen (secondary N) is 1. The van der Waals surface area contributed by atoms with Gasteiger partial charge in [0, 0.05) is 11.0 Å². The van der Waals surface area contributed by atoms with Gasteiger partial charge in [0.2, 0.25) is 0 Å². The van der Waals surface area contributed by atoms with E-state index in [2.05, 4.69) is 36.3 Å². The summed E-state index contributed by atoms with van der Waals surface area (Å²) < 4.78 is 2.77. The average Bonchev–Trinajstić information content (AvgIpc) is 2.83. The number of rotatable bonds is 4. The summed E-state index contributed by atoms with van der Waals surface area (Å²) in [5, 5.41) is 17.5. The van der Waals surface area contributed by atoms with Gasteiger partial charge in [-0.3, -0.25) is 0 Å². The fourth-order valence-electron chi connectivity index (χ4n) is 2.21. The summed E-state index contributed by atoms with van der Waals surface area (Å²) >= 11 is 3.46. The molecule has 108 valence electrons. The lowest BCUT2D eigenvalue weighted by molar-refractivity contribution is 0.311. The lowest BCUT2D eigenvalue weighted by atomic mass is 10.3. The van der Waals surface area contributed by atoms with Crippen molar-refractivity contribution >= 4 is 32.8 Å². The van der Waals surface area contributed by atoms with E-state index in [0.29, 0.717) is 12.4 Å². The fraction of sp³-hybridized carbons (Fsp3) is 0.214. The van der Waals surface area contributed by atoms with Gasteiger partial charge in [0.15, 0.2) is 5.65 Å². The predicted molar refractivity (Wildman–Crippen MR) is 84.7 cm³/mol. The van der Waals surface area contributed by atoms with Crippen LogP contribution in [0.5, 0.6) is 0 Å². The van der Waals surface area contributed by atoms with E-state index >= 15 is 0 Å². The van der Waals surface area contributed by atoms with Crippen LogP contribution in [0, 0.1) is 6.92 Å². The number of halogens is 1. The molecule has 3 aromatic rings. The molecule has 2 N–H and O–H groups in total. The SMILES string of the molecule is Cc1nn(-c2cccc(Br)c2)c2ncnc(NCCO)c12. The molecule has 1 aromatic carbocycles. The maximum atomic E-state index is 8.95. The van der Waals surface area contributed by atoms with Crippen molar-refractivity contribution in [2.24, 2.45) is 0 Å². The van der Waals surface area contributed by atoms with Crippen LogP contribution in [0.25, 0.3) is 16.7 Å². The largest absolute Gasteiger partial charge is 0.395 e. The van der Waals surface area contributed by atoms with Crippen LogP contribution in [0.1, 0.15) is 5.69 Å². The van der Waals surface area contributed by atoms with Gasteiger partial charge < -0.3 is 10.4 Å². The Morgan fingerprint density at radius 2 is 2.19 bits per heavy atom. The first-order chi connectivity index (χ1) is 10.2. The van der Waals surface area contributed by atoms with Gasteiger partial charge in [-0.05, 0) is 25.1 Å². The molecular formula is C14H14BrN5O. The number of aryl methyl sites for hydroxylation is 1.